The van der Waals surface area contributed by atoms with E-state index in [1.165, 1.54) is 36.0 Å². The van der Waals surface area contributed by atoms with Gasteiger partial charge in [0.1, 0.15) is 0 Å². The first-order valence-corrected chi connectivity index (χ1v) is 8.06. The Labute approximate surface area is 124 Å². The standard InChI is InChI=1S/C18H31NO/c1-5-7-8-10-20-14-18(19-9-6-2)17-12-15(3)11-16(4)13-17/h11-13,18-19H,5-10,14H2,1-4H3. The molecule has 0 heterocycles. The molecule has 0 fully saturated rings. The van der Waals surface area contributed by atoms with E-state index < -0.39 is 0 Å². The van der Waals surface area contributed by atoms with Gasteiger partial charge in [-0.1, -0.05) is 56.0 Å². The lowest BCUT2D eigenvalue weighted by Crippen LogP contribution is -2.26. The Morgan fingerprint density at radius 1 is 1.00 bits per heavy atom. The van der Waals surface area contributed by atoms with Crippen LogP contribution in [-0.4, -0.2) is 19.8 Å². The molecule has 1 N–H and O–H groups in total. The van der Waals surface area contributed by atoms with Crippen LogP contribution in [0.15, 0.2) is 18.2 Å². The number of aryl methyl sites for hydroxylation is 2. The molecule has 0 radical (unpaired) electrons. The van der Waals surface area contributed by atoms with E-state index >= 15 is 0 Å². The average Bonchev–Trinajstić information content (AvgIpc) is 2.40. The number of benzene rings is 1. The molecular formula is C18H31NO. The largest absolute Gasteiger partial charge is 0.379 e. The van der Waals surface area contributed by atoms with Gasteiger partial charge in [0.05, 0.1) is 12.6 Å². The molecule has 0 amide bonds. The van der Waals surface area contributed by atoms with E-state index in [1.807, 2.05) is 0 Å². The van der Waals surface area contributed by atoms with Crippen LogP contribution in [0.5, 0.6) is 0 Å². The predicted octanol–water partition coefficient (Wildman–Crippen LogP) is 4.55. The Bertz CT molecular complexity index is 355. The number of hydrogen-bond donors (Lipinski definition) is 1. The highest BCUT2D eigenvalue weighted by molar-refractivity contribution is 5.30. The summed E-state index contributed by atoms with van der Waals surface area (Å²) in [7, 11) is 0. The van der Waals surface area contributed by atoms with Crippen molar-refractivity contribution >= 4 is 0 Å². The monoisotopic (exact) mass is 277 g/mol. The minimum absolute atomic E-state index is 0.315. The number of nitrogens with one attached hydrogen (secondary N) is 1. The Morgan fingerprint density at radius 3 is 2.30 bits per heavy atom. The Morgan fingerprint density at radius 2 is 1.70 bits per heavy atom. The summed E-state index contributed by atoms with van der Waals surface area (Å²) in [6, 6.07) is 7.09. The maximum absolute atomic E-state index is 5.87. The molecule has 1 rings (SSSR count). The van der Waals surface area contributed by atoms with Crippen molar-refractivity contribution in [2.75, 3.05) is 19.8 Å². The van der Waals surface area contributed by atoms with Crippen LogP contribution in [0.4, 0.5) is 0 Å². The number of rotatable bonds is 10. The van der Waals surface area contributed by atoms with Crippen molar-refractivity contribution in [2.45, 2.75) is 59.4 Å². The molecule has 20 heavy (non-hydrogen) atoms. The fraction of sp³-hybridized carbons (Fsp3) is 0.667. The molecule has 0 spiro atoms. The van der Waals surface area contributed by atoms with Gasteiger partial charge in [-0.2, -0.15) is 0 Å². The molecule has 1 unspecified atom stereocenters. The van der Waals surface area contributed by atoms with Gasteiger partial charge in [0, 0.05) is 6.61 Å². The van der Waals surface area contributed by atoms with E-state index in [9.17, 15) is 0 Å². The van der Waals surface area contributed by atoms with Crippen LogP contribution in [0, 0.1) is 13.8 Å². The molecule has 0 aliphatic heterocycles. The van der Waals surface area contributed by atoms with Crippen LogP contribution in [0.25, 0.3) is 0 Å². The van der Waals surface area contributed by atoms with Crippen molar-refractivity contribution in [2.24, 2.45) is 0 Å². The topological polar surface area (TPSA) is 21.3 Å². The van der Waals surface area contributed by atoms with Gasteiger partial charge in [0.2, 0.25) is 0 Å². The smallest absolute Gasteiger partial charge is 0.0661 e. The normalized spacial score (nSPS) is 12.6. The summed E-state index contributed by atoms with van der Waals surface area (Å²) in [5.41, 5.74) is 4.01. The van der Waals surface area contributed by atoms with Crippen molar-refractivity contribution in [3.05, 3.63) is 34.9 Å². The van der Waals surface area contributed by atoms with E-state index in [0.717, 1.165) is 26.2 Å². The molecule has 0 saturated heterocycles. The van der Waals surface area contributed by atoms with Gasteiger partial charge in [0.15, 0.2) is 0 Å². The fourth-order valence-electron chi connectivity index (χ4n) is 2.46. The molecule has 0 saturated carbocycles. The maximum Gasteiger partial charge on any atom is 0.0661 e. The zero-order valence-electron chi connectivity index (χ0n) is 13.7. The van der Waals surface area contributed by atoms with Gasteiger partial charge >= 0.3 is 0 Å². The van der Waals surface area contributed by atoms with E-state index in [0.29, 0.717) is 6.04 Å². The van der Waals surface area contributed by atoms with E-state index in [4.69, 9.17) is 4.74 Å². The summed E-state index contributed by atoms with van der Waals surface area (Å²) >= 11 is 0. The van der Waals surface area contributed by atoms with Crippen LogP contribution in [0.3, 0.4) is 0 Å². The SMILES string of the molecule is CCCCCOCC(NCCC)c1cc(C)cc(C)c1. The van der Waals surface area contributed by atoms with Crippen LogP contribution in [0.2, 0.25) is 0 Å². The minimum atomic E-state index is 0.315. The van der Waals surface area contributed by atoms with Crippen LogP contribution in [-0.2, 0) is 4.74 Å². The first-order valence-electron chi connectivity index (χ1n) is 8.06. The molecule has 0 aliphatic rings. The second kappa shape index (κ2) is 9.95. The molecule has 1 atom stereocenters. The molecule has 0 bridgehead atoms. The fourth-order valence-corrected chi connectivity index (χ4v) is 2.46. The quantitative estimate of drug-likeness (QED) is 0.633. The summed E-state index contributed by atoms with van der Waals surface area (Å²) in [5, 5.41) is 3.61. The highest BCUT2D eigenvalue weighted by atomic mass is 16.5. The second-order valence-electron chi connectivity index (χ2n) is 5.71. The number of unbranched alkanes of at least 4 members (excludes halogenated alkanes) is 2. The first kappa shape index (κ1) is 17.2. The lowest BCUT2D eigenvalue weighted by Gasteiger charge is -2.20. The zero-order valence-corrected chi connectivity index (χ0v) is 13.7. The highest BCUT2D eigenvalue weighted by Crippen LogP contribution is 2.18. The van der Waals surface area contributed by atoms with Gasteiger partial charge in [-0.15, -0.1) is 0 Å². The number of hydrogen-bond acceptors (Lipinski definition) is 2. The lowest BCUT2D eigenvalue weighted by atomic mass is 10.0. The van der Waals surface area contributed by atoms with Gasteiger partial charge < -0.3 is 10.1 Å². The summed E-state index contributed by atoms with van der Waals surface area (Å²) in [4.78, 5) is 0. The van der Waals surface area contributed by atoms with Crippen molar-refractivity contribution in [3.8, 4) is 0 Å². The summed E-state index contributed by atoms with van der Waals surface area (Å²) in [6.45, 7) is 11.4. The highest BCUT2D eigenvalue weighted by Gasteiger charge is 2.11. The molecule has 114 valence electrons. The molecular weight excluding hydrogens is 246 g/mol. The minimum Gasteiger partial charge on any atom is -0.379 e. The Hall–Kier alpha value is -0.860. The van der Waals surface area contributed by atoms with Crippen molar-refractivity contribution in [1.29, 1.82) is 0 Å². The molecule has 1 aromatic carbocycles. The molecule has 0 aromatic heterocycles. The van der Waals surface area contributed by atoms with Gasteiger partial charge in [-0.3, -0.25) is 0 Å². The molecule has 1 aromatic rings. The first-order chi connectivity index (χ1) is 9.67. The third-order valence-electron chi connectivity index (χ3n) is 3.46. The lowest BCUT2D eigenvalue weighted by molar-refractivity contribution is 0.108. The van der Waals surface area contributed by atoms with E-state index in [1.54, 1.807) is 0 Å². The van der Waals surface area contributed by atoms with Gasteiger partial charge in [-0.25, -0.2) is 0 Å². The second-order valence-corrected chi connectivity index (χ2v) is 5.71. The van der Waals surface area contributed by atoms with E-state index in [-0.39, 0.29) is 0 Å². The molecule has 2 nitrogen and oxygen atoms in total. The third kappa shape index (κ3) is 6.53. The summed E-state index contributed by atoms with van der Waals surface area (Å²) in [6.07, 6.45) is 4.83. The predicted molar refractivity (Wildman–Crippen MR) is 87.3 cm³/mol. The summed E-state index contributed by atoms with van der Waals surface area (Å²) in [5.74, 6) is 0. The molecule has 0 aliphatic carbocycles. The Balaban J connectivity index is 2.58. The van der Waals surface area contributed by atoms with Gasteiger partial charge in [0.25, 0.3) is 0 Å². The van der Waals surface area contributed by atoms with Crippen molar-refractivity contribution in [3.63, 3.8) is 0 Å². The van der Waals surface area contributed by atoms with E-state index in [2.05, 4.69) is 51.2 Å². The number of ether oxygens (including phenoxy) is 1. The summed E-state index contributed by atoms with van der Waals surface area (Å²) < 4.78 is 5.87. The maximum atomic E-state index is 5.87. The van der Waals surface area contributed by atoms with Crippen LogP contribution >= 0.6 is 0 Å². The Kier molecular flexibility index (Phi) is 8.56. The van der Waals surface area contributed by atoms with Crippen LogP contribution < -0.4 is 5.32 Å². The van der Waals surface area contributed by atoms with Crippen molar-refractivity contribution in [1.82, 2.24) is 5.32 Å². The van der Waals surface area contributed by atoms with Crippen LogP contribution in [0.1, 0.15) is 62.3 Å². The van der Waals surface area contributed by atoms with Gasteiger partial charge in [-0.05, 0) is 38.8 Å². The zero-order chi connectivity index (χ0) is 14.8. The average molecular weight is 277 g/mol. The third-order valence-corrected chi connectivity index (χ3v) is 3.46. The molecule has 2 heteroatoms. The van der Waals surface area contributed by atoms with Crippen molar-refractivity contribution < 1.29 is 4.74 Å².